The molecule has 1 atom stereocenters. The molecule has 1 nitrogen and oxygen atoms in total. The Morgan fingerprint density at radius 1 is 1.20 bits per heavy atom. The van der Waals surface area contributed by atoms with Crippen LogP contribution in [0.15, 0.2) is 42.5 Å². The van der Waals surface area contributed by atoms with E-state index in [-0.39, 0.29) is 0 Å². The van der Waals surface area contributed by atoms with Crippen LogP contribution in [0.2, 0.25) is 5.02 Å². The molecule has 2 aromatic carbocycles. The molecule has 0 fully saturated rings. The van der Waals surface area contributed by atoms with Crippen molar-refractivity contribution in [1.29, 1.82) is 0 Å². The van der Waals surface area contributed by atoms with Gasteiger partial charge in [0.05, 0.1) is 0 Å². The number of aryl methyl sites for hydroxylation is 1. The summed E-state index contributed by atoms with van der Waals surface area (Å²) in [7, 11) is 0. The first-order valence-corrected chi connectivity index (χ1v) is 8.42. The van der Waals surface area contributed by atoms with Crippen LogP contribution < -0.4 is 4.90 Å². The Labute approximate surface area is 133 Å². The molecule has 20 heavy (non-hydrogen) atoms. The van der Waals surface area contributed by atoms with Gasteiger partial charge in [0.15, 0.2) is 0 Å². The van der Waals surface area contributed by atoms with Crippen LogP contribution in [0.3, 0.4) is 0 Å². The van der Waals surface area contributed by atoms with Gasteiger partial charge in [-0.1, -0.05) is 51.8 Å². The summed E-state index contributed by atoms with van der Waals surface area (Å²) in [4.78, 5) is 2.43. The molecule has 3 heteroatoms. The van der Waals surface area contributed by atoms with Crippen LogP contribution >= 0.6 is 27.5 Å². The minimum atomic E-state index is 0.487. The molecule has 0 aliphatic carbocycles. The number of fused-ring (bicyclic) bond motifs is 1. The van der Waals surface area contributed by atoms with E-state index in [4.69, 9.17) is 11.6 Å². The molecule has 0 spiro atoms. The summed E-state index contributed by atoms with van der Waals surface area (Å²) in [5, 5.41) is 1.63. The number of anilines is 2. The lowest BCUT2D eigenvalue weighted by Crippen LogP contribution is -2.33. The third-order valence-electron chi connectivity index (χ3n) is 3.97. The third-order valence-corrected chi connectivity index (χ3v) is 4.81. The summed E-state index contributed by atoms with van der Waals surface area (Å²) in [6.45, 7) is 2.29. The third kappa shape index (κ3) is 2.47. The van der Waals surface area contributed by atoms with Crippen molar-refractivity contribution in [3.05, 3.63) is 58.6 Å². The van der Waals surface area contributed by atoms with Gasteiger partial charge < -0.3 is 4.90 Å². The van der Waals surface area contributed by atoms with E-state index in [1.807, 2.05) is 6.07 Å². The summed E-state index contributed by atoms with van der Waals surface area (Å²) >= 11 is 9.82. The van der Waals surface area contributed by atoms with Gasteiger partial charge >= 0.3 is 0 Å². The Balaban J connectivity index is 2.16. The highest BCUT2D eigenvalue weighted by Gasteiger charge is 2.25. The van der Waals surface area contributed by atoms with Crippen LogP contribution in [-0.4, -0.2) is 6.04 Å². The Bertz CT molecular complexity index is 626. The fourth-order valence-electron chi connectivity index (χ4n) is 2.93. The fraction of sp³-hybridized carbons (Fsp3) is 0.294. The van der Waals surface area contributed by atoms with Crippen LogP contribution in [0.25, 0.3) is 0 Å². The summed E-state index contributed by atoms with van der Waals surface area (Å²) in [5.74, 6) is 0. The number of hydrogen-bond acceptors (Lipinski definition) is 1. The summed E-state index contributed by atoms with van der Waals surface area (Å²) in [6, 6.07) is 15.3. The topological polar surface area (TPSA) is 3.24 Å². The van der Waals surface area contributed by atoms with Crippen molar-refractivity contribution in [2.75, 3.05) is 4.90 Å². The van der Waals surface area contributed by atoms with Crippen molar-refractivity contribution in [3.8, 4) is 0 Å². The molecule has 0 saturated carbocycles. The van der Waals surface area contributed by atoms with Crippen LogP contribution in [-0.2, 0) is 11.8 Å². The first-order chi connectivity index (χ1) is 9.70. The molecule has 0 bridgehead atoms. The number of nitrogens with zero attached hydrogens (tertiary/aromatic N) is 1. The second-order valence-corrected chi connectivity index (χ2v) is 6.29. The molecule has 0 aromatic heterocycles. The summed E-state index contributed by atoms with van der Waals surface area (Å²) in [6.07, 6.45) is 2.32. The standard InChI is InChI=1S/C17H17BrClN/c1-12-6-7-13-4-2-3-5-16(13)20(12)17-10-15(19)9-8-14(17)11-18/h2-5,8-10,12H,6-7,11H2,1H3. The average molecular weight is 351 g/mol. The predicted octanol–water partition coefficient (Wildman–Crippen LogP) is 5.71. The van der Waals surface area contributed by atoms with E-state index in [1.165, 1.54) is 28.9 Å². The van der Waals surface area contributed by atoms with Crippen molar-refractivity contribution in [1.82, 2.24) is 0 Å². The molecule has 0 N–H and O–H groups in total. The highest BCUT2D eigenvalue weighted by Crippen LogP contribution is 2.39. The van der Waals surface area contributed by atoms with Gasteiger partial charge in [0, 0.05) is 27.8 Å². The molecule has 2 aromatic rings. The number of hydrogen-bond donors (Lipinski definition) is 0. The molecular weight excluding hydrogens is 334 g/mol. The molecule has 0 radical (unpaired) electrons. The van der Waals surface area contributed by atoms with Crippen LogP contribution in [0.4, 0.5) is 11.4 Å². The Kier molecular flexibility index (Phi) is 4.04. The summed E-state index contributed by atoms with van der Waals surface area (Å²) in [5.41, 5.74) is 5.23. The minimum absolute atomic E-state index is 0.487. The van der Waals surface area contributed by atoms with Gasteiger partial charge in [0.2, 0.25) is 0 Å². The molecular formula is C17H17BrClN. The maximum atomic E-state index is 6.23. The van der Waals surface area contributed by atoms with Crippen LogP contribution in [0.5, 0.6) is 0 Å². The Morgan fingerprint density at radius 2 is 2.00 bits per heavy atom. The molecule has 1 unspecified atom stereocenters. The van der Waals surface area contributed by atoms with Crippen LogP contribution in [0.1, 0.15) is 24.5 Å². The van der Waals surface area contributed by atoms with E-state index in [0.29, 0.717) is 6.04 Å². The number of halogens is 2. The maximum absolute atomic E-state index is 6.23. The van der Waals surface area contributed by atoms with E-state index in [0.717, 1.165) is 16.8 Å². The van der Waals surface area contributed by atoms with Gasteiger partial charge in [-0.3, -0.25) is 0 Å². The highest BCUT2D eigenvalue weighted by atomic mass is 79.9. The number of benzene rings is 2. The van der Waals surface area contributed by atoms with E-state index in [9.17, 15) is 0 Å². The normalized spacial score (nSPS) is 17.9. The fourth-order valence-corrected chi connectivity index (χ4v) is 3.57. The Morgan fingerprint density at radius 3 is 2.80 bits per heavy atom. The predicted molar refractivity (Wildman–Crippen MR) is 90.4 cm³/mol. The van der Waals surface area contributed by atoms with Crippen molar-refractivity contribution in [2.24, 2.45) is 0 Å². The lowest BCUT2D eigenvalue weighted by Gasteiger charge is -2.38. The molecule has 1 heterocycles. The Hall–Kier alpha value is -0.990. The second kappa shape index (κ2) is 5.79. The first-order valence-electron chi connectivity index (χ1n) is 6.92. The monoisotopic (exact) mass is 349 g/mol. The van der Waals surface area contributed by atoms with Crippen LogP contribution in [0, 0.1) is 0 Å². The van der Waals surface area contributed by atoms with Crippen molar-refractivity contribution in [2.45, 2.75) is 31.1 Å². The lowest BCUT2D eigenvalue weighted by molar-refractivity contribution is 0.617. The number of rotatable bonds is 2. The van der Waals surface area contributed by atoms with Gasteiger partial charge in [-0.05, 0) is 49.1 Å². The average Bonchev–Trinajstić information content (AvgIpc) is 2.47. The largest absolute Gasteiger partial charge is 0.338 e. The quantitative estimate of drug-likeness (QED) is 0.627. The first kappa shape index (κ1) is 14.0. The zero-order valence-electron chi connectivity index (χ0n) is 11.4. The molecule has 0 saturated heterocycles. The highest BCUT2D eigenvalue weighted by molar-refractivity contribution is 9.08. The summed E-state index contributed by atoms with van der Waals surface area (Å²) < 4.78 is 0. The number of para-hydroxylation sites is 1. The van der Waals surface area contributed by atoms with Crippen molar-refractivity contribution < 1.29 is 0 Å². The number of alkyl halides is 1. The van der Waals surface area contributed by atoms with E-state index in [1.54, 1.807) is 0 Å². The second-order valence-electron chi connectivity index (χ2n) is 5.29. The van der Waals surface area contributed by atoms with Gasteiger partial charge in [0.25, 0.3) is 0 Å². The zero-order chi connectivity index (χ0) is 14.1. The maximum Gasteiger partial charge on any atom is 0.0469 e. The minimum Gasteiger partial charge on any atom is -0.338 e. The SMILES string of the molecule is CC1CCc2ccccc2N1c1cc(Cl)ccc1CBr. The van der Waals surface area contributed by atoms with Gasteiger partial charge in [0.1, 0.15) is 0 Å². The van der Waals surface area contributed by atoms with Gasteiger partial charge in [-0.25, -0.2) is 0 Å². The van der Waals surface area contributed by atoms with Gasteiger partial charge in [-0.15, -0.1) is 0 Å². The lowest BCUT2D eigenvalue weighted by atomic mass is 9.95. The molecule has 0 amide bonds. The van der Waals surface area contributed by atoms with Gasteiger partial charge in [-0.2, -0.15) is 0 Å². The molecule has 1 aliphatic heterocycles. The zero-order valence-corrected chi connectivity index (χ0v) is 13.8. The molecule has 1 aliphatic rings. The molecule has 104 valence electrons. The van der Waals surface area contributed by atoms with Crippen molar-refractivity contribution >= 4 is 38.9 Å². The van der Waals surface area contributed by atoms with E-state index >= 15 is 0 Å². The van der Waals surface area contributed by atoms with E-state index in [2.05, 4.69) is 64.2 Å². The smallest absolute Gasteiger partial charge is 0.0469 e. The molecule has 3 rings (SSSR count). The van der Waals surface area contributed by atoms with Crippen molar-refractivity contribution in [3.63, 3.8) is 0 Å². The van der Waals surface area contributed by atoms with E-state index < -0.39 is 0 Å².